The molecule has 2 aromatic carbocycles. The molecule has 24 heavy (non-hydrogen) atoms. The Balaban J connectivity index is 2.41. The van der Waals surface area contributed by atoms with E-state index in [2.05, 4.69) is 0 Å². The van der Waals surface area contributed by atoms with Gasteiger partial charge in [-0.2, -0.15) is 0 Å². The molecule has 0 aliphatic rings. The van der Waals surface area contributed by atoms with Crippen LogP contribution in [-0.2, 0) is 9.59 Å². The molecule has 0 heterocycles. The highest BCUT2D eigenvalue weighted by molar-refractivity contribution is 6.30. The van der Waals surface area contributed by atoms with E-state index in [1.54, 1.807) is 37.3 Å². The lowest BCUT2D eigenvalue weighted by Gasteiger charge is -2.11. The number of carbonyl (C=O) groups excluding carboxylic acids is 2. The molecule has 2 rings (SSSR count). The van der Waals surface area contributed by atoms with Crippen LogP contribution in [0.5, 0.6) is 11.5 Å². The van der Waals surface area contributed by atoms with Crippen molar-refractivity contribution in [2.45, 2.75) is 20.8 Å². The highest BCUT2D eigenvalue weighted by atomic mass is 35.5. The van der Waals surface area contributed by atoms with Crippen LogP contribution in [0.3, 0.4) is 0 Å². The van der Waals surface area contributed by atoms with Crippen LogP contribution in [0.25, 0.3) is 12.2 Å². The molecule has 0 unspecified atom stereocenters. The van der Waals surface area contributed by atoms with E-state index in [1.165, 1.54) is 13.8 Å². The Hall–Kier alpha value is -2.59. The molecular weight excluding hydrogens is 328 g/mol. The summed E-state index contributed by atoms with van der Waals surface area (Å²) in [5.74, 6) is -0.00276. The second-order valence-electron chi connectivity index (χ2n) is 5.23. The van der Waals surface area contributed by atoms with E-state index in [0.717, 1.165) is 5.56 Å². The Kier molecular flexibility index (Phi) is 5.77. The summed E-state index contributed by atoms with van der Waals surface area (Å²) >= 11 is 5.87. The van der Waals surface area contributed by atoms with Crippen LogP contribution >= 0.6 is 11.6 Å². The van der Waals surface area contributed by atoms with Crippen molar-refractivity contribution in [3.05, 3.63) is 58.1 Å². The average molecular weight is 345 g/mol. The minimum atomic E-state index is -0.421. The largest absolute Gasteiger partial charge is 0.426 e. The number of halogens is 1. The van der Waals surface area contributed by atoms with Crippen LogP contribution in [0.1, 0.15) is 30.5 Å². The predicted octanol–water partition coefficient (Wildman–Crippen LogP) is 4.67. The maximum atomic E-state index is 11.3. The van der Waals surface area contributed by atoms with Crippen molar-refractivity contribution in [1.82, 2.24) is 0 Å². The first-order valence-electron chi connectivity index (χ1n) is 7.30. The molecule has 4 nitrogen and oxygen atoms in total. The summed E-state index contributed by atoms with van der Waals surface area (Å²) in [6, 6.07) is 10.6. The van der Waals surface area contributed by atoms with E-state index < -0.39 is 11.9 Å². The molecule has 124 valence electrons. The monoisotopic (exact) mass is 344 g/mol. The van der Waals surface area contributed by atoms with Gasteiger partial charge >= 0.3 is 11.9 Å². The van der Waals surface area contributed by atoms with Gasteiger partial charge in [-0.25, -0.2) is 0 Å². The molecule has 0 radical (unpaired) electrons. The smallest absolute Gasteiger partial charge is 0.308 e. The van der Waals surface area contributed by atoms with Crippen molar-refractivity contribution >= 4 is 35.7 Å². The number of benzene rings is 2. The summed E-state index contributed by atoms with van der Waals surface area (Å²) in [7, 11) is 0. The van der Waals surface area contributed by atoms with Crippen LogP contribution in [0, 0.1) is 6.92 Å². The summed E-state index contributed by atoms with van der Waals surface area (Å²) in [4.78, 5) is 22.5. The molecule has 0 fully saturated rings. The summed E-state index contributed by atoms with van der Waals surface area (Å²) < 4.78 is 10.4. The van der Waals surface area contributed by atoms with E-state index in [0.29, 0.717) is 27.6 Å². The number of hydrogen-bond donors (Lipinski definition) is 0. The summed E-state index contributed by atoms with van der Waals surface area (Å²) in [5, 5.41) is 0.653. The van der Waals surface area contributed by atoms with Crippen molar-refractivity contribution in [3.8, 4) is 11.5 Å². The van der Waals surface area contributed by atoms with Gasteiger partial charge < -0.3 is 9.47 Å². The van der Waals surface area contributed by atoms with Gasteiger partial charge in [-0.15, -0.1) is 0 Å². The minimum absolute atomic E-state index is 0.404. The molecule has 0 aliphatic heterocycles. The van der Waals surface area contributed by atoms with Gasteiger partial charge in [0.25, 0.3) is 0 Å². The molecule has 2 aromatic rings. The Bertz CT molecular complexity index is 792. The average Bonchev–Trinajstić information content (AvgIpc) is 2.49. The van der Waals surface area contributed by atoms with Gasteiger partial charge in [-0.05, 0) is 42.3 Å². The van der Waals surface area contributed by atoms with Gasteiger partial charge in [0.15, 0.2) is 0 Å². The summed E-state index contributed by atoms with van der Waals surface area (Å²) in [6.45, 7) is 4.45. The zero-order valence-corrected chi connectivity index (χ0v) is 14.4. The van der Waals surface area contributed by atoms with Crippen LogP contribution in [-0.4, -0.2) is 11.9 Å². The van der Waals surface area contributed by atoms with Crippen LogP contribution in [0.4, 0.5) is 0 Å². The topological polar surface area (TPSA) is 52.6 Å². The number of esters is 2. The lowest BCUT2D eigenvalue weighted by molar-refractivity contribution is -0.133. The van der Waals surface area contributed by atoms with Gasteiger partial charge in [0.2, 0.25) is 0 Å². The van der Waals surface area contributed by atoms with Gasteiger partial charge in [0, 0.05) is 24.4 Å². The Labute approximate surface area is 145 Å². The Morgan fingerprint density at radius 3 is 2.08 bits per heavy atom. The molecule has 0 amide bonds. The Morgan fingerprint density at radius 1 is 0.917 bits per heavy atom. The minimum Gasteiger partial charge on any atom is -0.426 e. The molecule has 0 aliphatic carbocycles. The maximum absolute atomic E-state index is 11.3. The normalized spacial score (nSPS) is 10.7. The van der Waals surface area contributed by atoms with Crippen molar-refractivity contribution < 1.29 is 19.1 Å². The zero-order chi connectivity index (χ0) is 17.7. The lowest BCUT2D eigenvalue weighted by Crippen LogP contribution is -2.06. The van der Waals surface area contributed by atoms with Gasteiger partial charge in [0.1, 0.15) is 11.5 Å². The first-order chi connectivity index (χ1) is 11.3. The third-order valence-corrected chi connectivity index (χ3v) is 3.39. The first kappa shape index (κ1) is 17.8. The zero-order valence-electron chi connectivity index (χ0n) is 13.6. The van der Waals surface area contributed by atoms with Gasteiger partial charge in [-0.1, -0.05) is 35.9 Å². The predicted molar refractivity (Wildman–Crippen MR) is 94.2 cm³/mol. The number of ether oxygens (including phenoxy) is 2. The SMILES string of the molecule is CC(=O)Oc1cc(/C=C/c2ccc(Cl)cc2)c(OC(C)=O)cc1C. The molecular formula is C19H17ClO4. The van der Waals surface area contributed by atoms with Crippen molar-refractivity contribution in [1.29, 1.82) is 0 Å². The van der Waals surface area contributed by atoms with Crippen LogP contribution in [0.2, 0.25) is 5.02 Å². The molecule has 0 bridgehead atoms. The second-order valence-corrected chi connectivity index (χ2v) is 5.66. The highest BCUT2D eigenvalue weighted by Gasteiger charge is 2.11. The molecule has 0 saturated carbocycles. The van der Waals surface area contributed by atoms with Crippen molar-refractivity contribution in [2.24, 2.45) is 0 Å². The maximum Gasteiger partial charge on any atom is 0.308 e. The molecule has 0 atom stereocenters. The number of hydrogen-bond acceptors (Lipinski definition) is 4. The lowest BCUT2D eigenvalue weighted by atomic mass is 10.1. The van der Waals surface area contributed by atoms with E-state index in [4.69, 9.17) is 21.1 Å². The third-order valence-electron chi connectivity index (χ3n) is 3.14. The van der Waals surface area contributed by atoms with Gasteiger partial charge in [0.05, 0.1) is 0 Å². The van der Waals surface area contributed by atoms with E-state index in [1.807, 2.05) is 18.2 Å². The van der Waals surface area contributed by atoms with Crippen molar-refractivity contribution in [2.75, 3.05) is 0 Å². The molecule has 0 aromatic heterocycles. The number of aryl methyl sites for hydroxylation is 1. The van der Waals surface area contributed by atoms with Crippen LogP contribution in [0.15, 0.2) is 36.4 Å². The van der Waals surface area contributed by atoms with E-state index >= 15 is 0 Å². The van der Waals surface area contributed by atoms with E-state index in [-0.39, 0.29) is 0 Å². The Morgan fingerprint density at radius 2 is 1.50 bits per heavy atom. The number of carbonyl (C=O) groups is 2. The summed E-state index contributed by atoms with van der Waals surface area (Å²) in [5.41, 5.74) is 2.26. The van der Waals surface area contributed by atoms with Crippen LogP contribution < -0.4 is 9.47 Å². The fourth-order valence-corrected chi connectivity index (χ4v) is 2.20. The van der Waals surface area contributed by atoms with Crippen molar-refractivity contribution in [3.63, 3.8) is 0 Å². The second kappa shape index (κ2) is 7.79. The first-order valence-corrected chi connectivity index (χ1v) is 7.68. The quantitative estimate of drug-likeness (QED) is 0.459. The fourth-order valence-electron chi connectivity index (χ4n) is 2.08. The number of rotatable bonds is 4. The molecule has 0 N–H and O–H groups in total. The van der Waals surface area contributed by atoms with E-state index in [9.17, 15) is 9.59 Å². The van der Waals surface area contributed by atoms with Gasteiger partial charge in [-0.3, -0.25) is 9.59 Å². The molecule has 0 saturated heterocycles. The fraction of sp³-hybridized carbons (Fsp3) is 0.158. The third kappa shape index (κ3) is 4.96. The highest BCUT2D eigenvalue weighted by Crippen LogP contribution is 2.30. The molecule has 0 spiro atoms. The summed E-state index contributed by atoms with van der Waals surface area (Å²) in [6.07, 6.45) is 3.64. The standard InChI is InChI=1S/C19H17ClO4/c1-12-10-19(24-14(3)22)16(11-18(12)23-13(2)21)7-4-15-5-8-17(20)9-6-15/h4-11H,1-3H3/b7-4+. The molecule has 5 heteroatoms.